The summed E-state index contributed by atoms with van der Waals surface area (Å²) in [5.41, 5.74) is 2.50. The smallest absolute Gasteiger partial charge is 0.259 e. The van der Waals surface area contributed by atoms with E-state index in [1.54, 1.807) is 56.6 Å². The minimum Gasteiger partial charge on any atom is -0.492 e. The summed E-state index contributed by atoms with van der Waals surface area (Å²) in [6.07, 6.45) is 0.747. The van der Waals surface area contributed by atoms with Crippen LogP contribution in [0.25, 0.3) is 0 Å². The molecule has 1 N–H and O–H groups in total. The highest BCUT2D eigenvalue weighted by Crippen LogP contribution is 2.22. The van der Waals surface area contributed by atoms with Gasteiger partial charge in [-0.15, -0.1) is 0 Å². The van der Waals surface area contributed by atoms with Gasteiger partial charge in [0.15, 0.2) is 0 Å². The average Bonchev–Trinajstić information content (AvgIpc) is 2.74. The topological polar surface area (TPSA) is 58.6 Å². The number of carbonyl (C=O) groups is 2. The summed E-state index contributed by atoms with van der Waals surface area (Å²) in [7, 11) is 3.35. The molecule has 0 saturated heterocycles. The average molecular weight is 388 g/mol. The second kappa shape index (κ2) is 9.55. The van der Waals surface area contributed by atoms with Crippen LogP contribution in [0, 0.1) is 0 Å². The molecule has 3 aromatic rings. The quantitative estimate of drug-likeness (QED) is 0.658. The summed E-state index contributed by atoms with van der Waals surface area (Å²) in [5, 5.41) is 2.84. The van der Waals surface area contributed by atoms with Gasteiger partial charge in [0.2, 0.25) is 0 Å². The van der Waals surface area contributed by atoms with E-state index in [1.165, 1.54) is 10.5 Å². The zero-order chi connectivity index (χ0) is 20.6. The summed E-state index contributed by atoms with van der Waals surface area (Å²) in [5.74, 6) is 0.0185. The molecule has 29 heavy (non-hydrogen) atoms. The zero-order valence-corrected chi connectivity index (χ0v) is 16.6. The van der Waals surface area contributed by atoms with Gasteiger partial charge in [-0.05, 0) is 29.8 Å². The van der Waals surface area contributed by atoms with Crippen molar-refractivity contribution in [3.05, 3.63) is 95.6 Å². The van der Waals surface area contributed by atoms with Crippen molar-refractivity contribution in [1.82, 2.24) is 4.90 Å². The first kappa shape index (κ1) is 20.1. The summed E-state index contributed by atoms with van der Waals surface area (Å²) in [6, 6.07) is 24.1. The molecule has 2 amide bonds. The number of rotatable bonds is 7. The van der Waals surface area contributed by atoms with Crippen molar-refractivity contribution >= 4 is 17.5 Å². The van der Waals surface area contributed by atoms with Crippen LogP contribution in [0.5, 0.6) is 5.75 Å². The number of carbonyl (C=O) groups excluding carboxylic acids is 2. The molecule has 0 saturated carbocycles. The third-order valence-electron chi connectivity index (χ3n) is 4.43. The van der Waals surface area contributed by atoms with Gasteiger partial charge in [0, 0.05) is 20.5 Å². The molecule has 3 aromatic carbocycles. The molecule has 5 nitrogen and oxygen atoms in total. The minimum atomic E-state index is -0.320. The van der Waals surface area contributed by atoms with Crippen LogP contribution in [0.2, 0.25) is 0 Å². The first-order valence-electron chi connectivity index (χ1n) is 9.44. The van der Waals surface area contributed by atoms with E-state index >= 15 is 0 Å². The monoisotopic (exact) mass is 388 g/mol. The lowest BCUT2D eigenvalue weighted by Crippen LogP contribution is -2.24. The van der Waals surface area contributed by atoms with Crippen molar-refractivity contribution in [1.29, 1.82) is 0 Å². The zero-order valence-electron chi connectivity index (χ0n) is 16.6. The summed E-state index contributed by atoms with van der Waals surface area (Å²) in [4.78, 5) is 26.8. The van der Waals surface area contributed by atoms with E-state index in [-0.39, 0.29) is 11.8 Å². The lowest BCUT2D eigenvalue weighted by molar-refractivity contribution is 0.0828. The molecule has 0 atom stereocenters. The number of anilines is 1. The molecule has 0 aliphatic carbocycles. The van der Waals surface area contributed by atoms with Crippen molar-refractivity contribution in [2.45, 2.75) is 6.42 Å². The number of hydrogen-bond donors (Lipinski definition) is 1. The fraction of sp³-hybridized carbons (Fsp3) is 0.167. The Bertz CT molecular complexity index is 984. The van der Waals surface area contributed by atoms with Gasteiger partial charge < -0.3 is 15.0 Å². The van der Waals surface area contributed by atoms with Crippen molar-refractivity contribution in [3.8, 4) is 5.75 Å². The lowest BCUT2D eigenvalue weighted by atomic mass is 10.1. The Hall–Kier alpha value is -3.60. The van der Waals surface area contributed by atoms with E-state index in [1.807, 2.05) is 36.4 Å². The van der Waals surface area contributed by atoms with E-state index in [0.717, 1.165) is 6.42 Å². The number of amides is 2. The molecule has 0 aliphatic rings. The maximum absolute atomic E-state index is 12.9. The predicted octanol–water partition coefficient (Wildman–Crippen LogP) is 4.26. The highest BCUT2D eigenvalue weighted by Gasteiger charge is 2.17. The number of nitrogens with one attached hydrogen (secondary N) is 1. The number of hydrogen-bond acceptors (Lipinski definition) is 3. The largest absolute Gasteiger partial charge is 0.492 e. The fourth-order valence-electron chi connectivity index (χ4n) is 2.91. The molecule has 3 rings (SSSR count). The van der Waals surface area contributed by atoms with Crippen molar-refractivity contribution in [2.24, 2.45) is 0 Å². The summed E-state index contributed by atoms with van der Waals surface area (Å²) >= 11 is 0. The molecule has 0 aromatic heterocycles. The normalized spacial score (nSPS) is 10.3. The van der Waals surface area contributed by atoms with E-state index < -0.39 is 0 Å². The fourth-order valence-corrected chi connectivity index (χ4v) is 2.91. The van der Waals surface area contributed by atoms with Gasteiger partial charge in [0.05, 0.1) is 23.4 Å². The number of benzene rings is 3. The molecule has 0 heterocycles. The Morgan fingerprint density at radius 1 is 0.828 bits per heavy atom. The third-order valence-corrected chi connectivity index (χ3v) is 4.43. The maximum atomic E-state index is 12.9. The second-order valence-electron chi connectivity index (χ2n) is 6.78. The Kier molecular flexibility index (Phi) is 6.63. The highest BCUT2D eigenvalue weighted by atomic mass is 16.5. The van der Waals surface area contributed by atoms with Gasteiger partial charge >= 0.3 is 0 Å². The third kappa shape index (κ3) is 5.23. The van der Waals surface area contributed by atoms with E-state index in [2.05, 4.69) is 5.32 Å². The minimum absolute atomic E-state index is 0.173. The Morgan fingerprint density at radius 3 is 2.17 bits per heavy atom. The first-order valence-corrected chi connectivity index (χ1v) is 9.44. The van der Waals surface area contributed by atoms with Gasteiger partial charge in [-0.25, -0.2) is 0 Å². The van der Waals surface area contributed by atoms with Crippen LogP contribution in [0.15, 0.2) is 78.9 Å². The van der Waals surface area contributed by atoms with E-state index in [4.69, 9.17) is 4.74 Å². The van der Waals surface area contributed by atoms with E-state index in [0.29, 0.717) is 29.2 Å². The van der Waals surface area contributed by atoms with Gasteiger partial charge in [0.1, 0.15) is 5.75 Å². The van der Waals surface area contributed by atoms with Crippen LogP contribution in [-0.4, -0.2) is 37.4 Å². The van der Waals surface area contributed by atoms with Crippen LogP contribution in [-0.2, 0) is 6.42 Å². The molecule has 5 heteroatoms. The van der Waals surface area contributed by atoms with Gasteiger partial charge in [-0.1, -0.05) is 54.6 Å². The first-order chi connectivity index (χ1) is 14.1. The number of para-hydroxylation sites is 2. The molecule has 0 spiro atoms. The molecule has 0 fully saturated rings. The molecule has 148 valence electrons. The van der Waals surface area contributed by atoms with Crippen LogP contribution in [0.4, 0.5) is 5.69 Å². The van der Waals surface area contributed by atoms with Crippen LogP contribution in [0.1, 0.15) is 26.3 Å². The molecular weight excluding hydrogens is 364 g/mol. The highest BCUT2D eigenvalue weighted by molar-refractivity contribution is 6.10. The van der Waals surface area contributed by atoms with Gasteiger partial charge in [0.25, 0.3) is 11.8 Å². The Balaban J connectivity index is 1.73. The Morgan fingerprint density at radius 2 is 1.45 bits per heavy atom. The second-order valence-corrected chi connectivity index (χ2v) is 6.78. The summed E-state index contributed by atoms with van der Waals surface area (Å²) < 4.78 is 5.88. The summed E-state index contributed by atoms with van der Waals surface area (Å²) in [6.45, 7) is 0.462. The van der Waals surface area contributed by atoms with Crippen LogP contribution in [0.3, 0.4) is 0 Å². The van der Waals surface area contributed by atoms with Crippen molar-refractivity contribution in [2.75, 3.05) is 26.0 Å². The molecular formula is C24H24N2O3. The van der Waals surface area contributed by atoms with Crippen molar-refractivity contribution in [3.63, 3.8) is 0 Å². The van der Waals surface area contributed by atoms with Crippen LogP contribution < -0.4 is 10.1 Å². The van der Waals surface area contributed by atoms with Gasteiger partial charge in [-0.2, -0.15) is 0 Å². The number of ether oxygens (including phenoxy) is 1. The van der Waals surface area contributed by atoms with Crippen molar-refractivity contribution < 1.29 is 14.3 Å². The molecule has 0 aliphatic heterocycles. The van der Waals surface area contributed by atoms with Gasteiger partial charge in [-0.3, -0.25) is 9.59 Å². The predicted molar refractivity (Wildman–Crippen MR) is 114 cm³/mol. The maximum Gasteiger partial charge on any atom is 0.259 e. The lowest BCUT2D eigenvalue weighted by Gasteiger charge is -2.16. The molecule has 0 radical (unpaired) electrons. The van der Waals surface area contributed by atoms with Crippen LogP contribution >= 0.6 is 0 Å². The molecule has 0 bridgehead atoms. The standard InChI is InChI=1S/C24H24N2O3/c1-26(2)24(28)19-12-6-8-14-21(19)25-23(27)20-13-7-9-15-22(20)29-17-16-18-10-4-3-5-11-18/h3-15H,16-17H2,1-2H3,(H,25,27). The number of nitrogens with zero attached hydrogens (tertiary/aromatic N) is 1. The van der Waals surface area contributed by atoms with E-state index in [9.17, 15) is 9.59 Å². The Labute approximate surface area is 170 Å². The molecule has 0 unspecified atom stereocenters. The SMILES string of the molecule is CN(C)C(=O)c1ccccc1NC(=O)c1ccccc1OCCc1ccccc1.